The van der Waals surface area contributed by atoms with Gasteiger partial charge in [-0.3, -0.25) is 4.57 Å². The quantitative estimate of drug-likeness (QED) is 0.523. The maximum absolute atomic E-state index is 5.25. The van der Waals surface area contributed by atoms with E-state index in [0.717, 1.165) is 28.3 Å². The Morgan fingerprint density at radius 2 is 1.88 bits per heavy atom. The second-order valence-corrected chi connectivity index (χ2v) is 8.80. The molecule has 2 heterocycles. The van der Waals surface area contributed by atoms with Crippen molar-refractivity contribution in [1.29, 1.82) is 0 Å². The molecule has 0 aliphatic heterocycles. The van der Waals surface area contributed by atoms with Gasteiger partial charge in [0.1, 0.15) is 6.26 Å². The van der Waals surface area contributed by atoms with Gasteiger partial charge in [0.25, 0.3) is 0 Å². The molecule has 0 amide bonds. The van der Waals surface area contributed by atoms with Gasteiger partial charge >= 0.3 is 0 Å². The van der Waals surface area contributed by atoms with Crippen LogP contribution in [0, 0.1) is 0 Å². The Labute approximate surface area is 155 Å². The fourth-order valence-corrected chi connectivity index (χ4v) is 5.81. The summed E-state index contributed by atoms with van der Waals surface area (Å²) < 4.78 is 7.44. The summed E-state index contributed by atoms with van der Waals surface area (Å²) in [4.78, 5) is 0. The Morgan fingerprint density at radius 1 is 1.04 bits per heavy atom. The van der Waals surface area contributed by atoms with Crippen LogP contribution in [0.15, 0.2) is 58.5 Å². The number of furan rings is 1. The van der Waals surface area contributed by atoms with Gasteiger partial charge in [-0.25, -0.2) is 0 Å². The van der Waals surface area contributed by atoms with E-state index in [9.17, 15) is 0 Å². The molecule has 0 saturated heterocycles. The smallest absolute Gasteiger partial charge is 0.202 e. The van der Waals surface area contributed by atoms with Crippen LogP contribution in [0.3, 0.4) is 0 Å². The summed E-state index contributed by atoms with van der Waals surface area (Å²) in [5.74, 6) is 0.865. The molecule has 0 unspecified atom stereocenters. The summed E-state index contributed by atoms with van der Waals surface area (Å²) in [5, 5.41) is 10.6. The Bertz CT molecular complexity index is 780. The standard InChI is InChI=1S/C19H21N3OS2/c1-3-7-15(8-4-1)13-22-18(16-11-12-23-14-16)20-21-19(22)25-24-17-9-5-2-6-10-17/h1,3-4,7-8,11-12,14,17H,2,5-6,9-10,13H2. The van der Waals surface area contributed by atoms with E-state index >= 15 is 0 Å². The molecule has 4 rings (SSSR count). The summed E-state index contributed by atoms with van der Waals surface area (Å²) in [6, 6.07) is 12.4. The molecule has 1 aliphatic rings. The summed E-state index contributed by atoms with van der Waals surface area (Å²) in [5.41, 5.74) is 2.22. The lowest BCUT2D eigenvalue weighted by Crippen LogP contribution is -2.07. The van der Waals surface area contributed by atoms with Crippen molar-refractivity contribution in [2.45, 2.75) is 49.1 Å². The lowest BCUT2D eigenvalue weighted by molar-refractivity contribution is 0.517. The zero-order chi connectivity index (χ0) is 16.9. The largest absolute Gasteiger partial charge is 0.472 e. The molecular formula is C19H21N3OS2. The monoisotopic (exact) mass is 371 g/mol. The van der Waals surface area contributed by atoms with Crippen LogP contribution in [-0.4, -0.2) is 20.0 Å². The van der Waals surface area contributed by atoms with Crippen LogP contribution in [0.1, 0.15) is 37.7 Å². The molecule has 0 bridgehead atoms. The van der Waals surface area contributed by atoms with Crippen LogP contribution >= 0.6 is 21.6 Å². The highest BCUT2D eigenvalue weighted by atomic mass is 33.1. The van der Waals surface area contributed by atoms with Gasteiger partial charge in [-0.2, -0.15) is 0 Å². The van der Waals surface area contributed by atoms with Crippen LogP contribution in [0.25, 0.3) is 11.4 Å². The van der Waals surface area contributed by atoms with Gasteiger partial charge in [-0.15, -0.1) is 10.2 Å². The summed E-state index contributed by atoms with van der Waals surface area (Å²) in [6.07, 6.45) is 10.1. The lowest BCUT2D eigenvalue weighted by atomic mass is 10.0. The van der Waals surface area contributed by atoms with Crippen molar-refractivity contribution in [1.82, 2.24) is 14.8 Å². The first-order chi connectivity index (χ1) is 12.4. The van der Waals surface area contributed by atoms with E-state index in [0.29, 0.717) is 0 Å². The van der Waals surface area contributed by atoms with E-state index in [1.807, 2.05) is 22.9 Å². The van der Waals surface area contributed by atoms with Crippen molar-refractivity contribution in [3.63, 3.8) is 0 Å². The molecule has 3 aromatic rings. The van der Waals surface area contributed by atoms with E-state index in [1.54, 1.807) is 23.3 Å². The molecular weight excluding hydrogens is 350 g/mol. The number of hydrogen-bond acceptors (Lipinski definition) is 5. The van der Waals surface area contributed by atoms with Gasteiger partial charge in [0.15, 0.2) is 5.82 Å². The Balaban J connectivity index is 1.57. The highest BCUT2D eigenvalue weighted by molar-refractivity contribution is 8.76. The number of benzene rings is 1. The third-order valence-electron chi connectivity index (χ3n) is 4.49. The molecule has 0 atom stereocenters. The molecule has 1 aliphatic carbocycles. The first-order valence-electron chi connectivity index (χ1n) is 8.73. The molecule has 6 heteroatoms. The minimum absolute atomic E-state index is 0.734. The van der Waals surface area contributed by atoms with Crippen molar-refractivity contribution in [2.75, 3.05) is 0 Å². The number of nitrogens with zero attached hydrogens (tertiary/aromatic N) is 3. The predicted octanol–water partition coefficient (Wildman–Crippen LogP) is 5.66. The van der Waals surface area contributed by atoms with E-state index in [2.05, 4.69) is 39.0 Å². The average Bonchev–Trinajstić information content (AvgIpc) is 3.32. The third kappa shape index (κ3) is 4.12. The van der Waals surface area contributed by atoms with Gasteiger partial charge in [0, 0.05) is 5.25 Å². The molecule has 130 valence electrons. The topological polar surface area (TPSA) is 43.9 Å². The SMILES string of the molecule is c1ccc(Cn2c(SSC3CCCCC3)nnc2-c2ccoc2)cc1. The molecule has 4 nitrogen and oxygen atoms in total. The minimum atomic E-state index is 0.734. The normalized spacial score (nSPS) is 15.5. The van der Waals surface area contributed by atoms with Gasteiger partial charge < -0.3 is 4.42 Å². The predicted molar refractivity (Wildman–Crippen MR) is 104 cm³/mol. The van der Waals surface area contributed by atoms with Crippen molar-refractivity contribution in [3.05, 3.63) is 54.5 Å². The van der Waals surface area contributed by atoms with Crippen LogP contribution in [-0.2, 0) is 6.54 Å². The van der Waals surface area contributed by atoms with E-state index in [4.69, 9.17) is 4.42 Å². The zero-order valence-corrected chi connectivity index (χ0v) is 15.6. The van der Waals surface area contributed by atoms with Crippen LogP contribution in [0.4, 0.5) is 0 Å². The Hall–Kier alpha value is -1.66. The number of hydrogen-bond donors (Lipinski definition) is 0. The van der Waals surface area contributed by atoms with Crippen molar-refractivity contribution < 1.29 is 4.42 Å². The van der Waals surface area contributed by atoms with Gasteiger partial charge in [0.2, 0.25) is 5.16 Å². The molecule has 1 saturated carbocycles. The Morgan fingerprint density at radius 3 is 2.64 bits per heavy atom. The number of rotatable bonds is 6. The maximum Gasteiger partial charge on any atom is 0.202 e. The number of aromatic nitrogens is 3. The summed E-state index contributed by atoms with van der Waals surface area (Å²) in [6.45, 7) is 0.766. The lowest BCUT2D eigenvalue weighted by Gasteiger charge is -2.20. The highest BCUT2D eigenvalue weighted by Crippen LogP contribution is 2.40. The molecule has 0 radical (unpaired) electrons. The molecule has 25 heavy (non-hydrogen) atoms. The average molecular weight is 372 g/mol. The van der Waals surface area contributed by atoms with E-state index in [-0.39, 0.29) is 0 Å². The molecule has 2 aromatic heterocycles. The fraction of sp³-hybridized carbons (Fsp3) is 0.368. The van der Waals surface area contributed by atoms with Gasteiger partial charge in [-0.05, 0) is 35.3 Å². The first-order valence-corrected chi connectivity index (χ1v) is 10.9. The van der Waals surface area contributed by atoms with E-state index < -0.39 is 0 Å². The summed E-state index contributed by atoms with van der Waals surface area (Å²) >= 11 is 0. The maximum atomic E-state index is 5.25. The van der Waals surface area contributed by atoms with Crippen molar-refractivity contribution in [3.8, 4) is 11.4 Å². The molecule has 1 aromatic carbocycles. The zero-order valence-electron chi connectivity index (χ0n) is 14.0. The first kappa shape index (κ1) is 16.8. The fourth-order valence-electron chi connectivity index (χ4n) is 3.14. The summed E-state index contributed by atoms with van der Waals surface area (Å²) in [7, 11) is 3.72. The molecule has 0 N–H and O–H groups in total. The van der Waals surface area contributed by atoms with E-state index in [1.165, 1.54) is 37.7 Å². The molecule has 1 fully saturated rings. The van der Waals surface area contributed by atoms with Gasteiger partial charge in [-0.1, -0.05) is 60.4 Å². The highest BCUT2D eigenvalue weighted by Gasteiger charge is 2.19. The third-order valence-corrected chi connectivity index (χ3v) is 7.33. The second-order valence-electron chi connectivity index (χ2n) is 6.33. The van der Waals surface area contributed by atoms with Crippen molar-refractivity contribution in [2.24, 2.45) is 0 Å². The minimum Gasteiger partial charge on any atom is -0.472 e. The van der Waals surface area contributed by atoms with Gasteiger partial charge in [0.05, 0.1) is 18.4 Å². The second kappa shape index (κ2) is 8.15. The van der Waals surface area contributed by atoms with Crippen LogP contribution in [0.2, 0.25) is 0 Å². The molecule has 0 spiro atoms. The van der Waals surface area contributed by atoms with Crippen molar-refractivity contribution >= 4 is 21.6 Å². The Kier molecular flexibility index (Phi) is 5.47. The van der Waals surface area contributed by atoms with Crippen LogP contribution in [0.5, 0.6) is 0 Å². The van der Waals surface area contributed by atoms with Crippen LogP contribution < -0.4 is 0 Å².